The van der Waals surface area contributed by atoms with Crippen LogP contribution in [0.2, 0.25) is 0 Å². The number of carbonyl (C=O) groups excluding carboxylic acids is 2. The van der Waals surface area contributed by atoms with Crippen molar-refractivity contribution in [3.8, 4) is 0 Å². The van der Waals surface area contributed by atoms with E-state index in [2.05, 4.69) is 4.74 Å². The van der Waals surface area contributed by atoms with E-state index < -0.39 is 18.5 Å². The predicted octanol–water partition coefficient (Wildman–Crippen LogP) is -0.527. The SMILES string of the molecule is CC(C)OCC(=O)OC(=O)CO. The van der Waals surface area contributed by atoms with Gasteiger partial charge in [0, 0.05) is 0 Å². The molecule has 0 radical (unpaired) electrons. The van der Waals surface area contributed by atoms with Crippen LogP contribution in [0.1, 0.15) is 13.8 Å². The smallest absolute Gasteiger partial charge is 0.339 e. The molecule has 0 aromatic carbocycles. The van der Waals surface area contributed by atoms with Gasteiger partial charge in [-0.05, 0) is 13.8 Å². The zero-order valence-electron chi connectivity index (χ0n) is 7.07. The van der Waals surface area contributed by atoms with E-state index in [0.717, 1.165) is 0 Å². The van der Waals surface area contributed by atoms with Gasteiger partial charge in [-0.25, -0.2) is 9.59 Å². The molecule has 0 aliphatic rings. The van der Waals surface area contributed by atoms with E-state index in [1.807, 2.05) is 0 Å². The van der Waals surface area contributed by atoms with Gasteiger partial charge in [-0.2, -0.15) is 0 Å². The van der Waals surface area contributed by atoms with E-state index in [4.69, 9.17) is 9.84 Å². The van der Waals surface area contributed by atoms with Crippen molar-refractivity contribution in [3.05, 3.63) is 0 Å². The maximum Gasteiger partial charge on any atom is 0.339 e. The lowest BCUT2D eigenvalue weighted by molar-refractivity contribution is -0.165. The molecular weight excluding hydrogens is 164 g/mol. The summed E-state index contributed by atoms with van der Waals surface area (Å²) in [6.45, 7) is 2.43. The highest BCUT2D eigenvalue weighted by Gasteiger charge is 2.09. The Morgan fingerprint density at radius 1 is 1.33 bits per heavy atom. The van der Waals surface area contributed by atoms with Crippen LogP contribution in [-0.4, -0.2) is 36.4 Å². The second kappa shape index (κ2) is 5.68. The summed E-state index contributed by atoms with van der Waals surface area (Å²) in [5.74, 6) is -1.75. The zero-order valence-corrected chi connectivity index (χ0v) is 7.07. The van der Waals surface area contributed by atoms with Crippen LogP contribution in [0.3, 0.4) is 0 Å². The van der Waals surface area contributed by atoms with Crippen LogP contribution in [0.5, 0.6) is 0 Å². The van der Waals surface area contributed by atoms with Gasteiger partial charge >= 0.3 is 11.9 Å². The Morgan fingerprint density at radius 2 is 1.92 bits per heavy atom. The number of aliphatic hydroxyl groups is 1. The fourth-order valence-corrected chi connectivity index (χ4v) is 0.423. The molecule has 0 aliphatic carbocycles. The summed E-state index contributed by atoms with van der Waals surface area (Å²) in [4.78, 5) is 21.0. The quantitative estimate of drug-likeness (QED) is 0.460. The van der Waals surface area contributed by atoms with Gasteiger partial charge in [-0.15, -0.1) is 0 Å². The van der Waals surface area contributed by atoms with Gasteiger partial charge in [0.2, 0.25) is 0 Å². The lowest BCUT2D eigenvalue weighted by Gasteiger charge is -2.05. The van der Waals surface area contributed by atoms with Crippen LogP contribution in [0, 0.1) is 0 Å². The summed E-state index contributed by atoms with van der Waals surface area (Å²) in [6.07, 6.45) is -0.0956. The number of carbonyl (C=O) groups is 2. The molecule has 0 fully saturated rings. The molecule has 0 atom stereocenters. The Labute approximate surface area is 70.3 Å². The van der Waals surface area contributed by atoms with Crippen molar-refractivity contribution in [2.45, 2.75) is 20.0 Å². The lowest BCUT2D eigenvalue weighted by atomic mass is 10.5. The zero-order chi connectivity index (χ0) is 9.56. The summed E-state index contributed by atoms with van der Waals surface area (Å²) in [5.41, 5.74) is 0. The predicted molar refractivity (Wildman–Crippen MR) is 39.3 cm³/mol. The standard InChI is InChI=1S/C7H12O5/c1-5(2)11-4-7(10)12-6(9)3-8/h5,8H,3-4H2,1-2H3. The first-order chi connectivity index (χ1) is 5.56. The van der Waals surface area contributed by atoms with Crippen molar-refractivity contribution >= 4 is 11.9 Å². The minimum atomic E-state index is -0.965. The fourth-order valence-electron chi connectivity index (χ4n) is 0.423. The third-order valence-corrected chi connectivity index (χ3v) is 0.891. The average molecular weight is 176 g/mol. The Balaban J connectivity index is 3.53. The summed E-state index contributed by atoms with van der Waals surface area (Å²) < 4.78 is 8.94. The van der Waals surface area contributed by atoms with Gasteiger partial charge in [-0.3, -0.25) is 0 Å². The first-order valence-electron chi connectivity index (χ1n) is 3.52. The number of rotatable bonds is 4. The maximum absolute atomic E-state index is 10.6. The molecule has 5 nitrogen and oxygen atoms in total. The molecule has 0 spiro atoms. The van der Waals surface area contributed by atoms with Crippen molar-refractivity contribution in [2.24, 2.45) is 0 Å². The normalized spacial score (nSPS) is 10.0. The first-order valence-corrected chi connectivity index (χ1v) is 3.52. The van der Waals surface area contributed by atoms with Gasteiger partial charge in [-0.1, -0.05) is 0 Å². The van der Waals surface area contributed by atoms with Crippen molar-refractivity contribution in [1.82, 2.24) is 0 Å². The molecule has 0 unspecified atom stereocenters. The summed E-state index contributed by atoms with van der Waals surface area (Å²) in [5, 5.41) is 8.19. The molecule has 0 aromatic heterocycles. The monoisotopic (exact) mass is 176 g/mol. The lowest BCUT2D eigenvalue weighted by Crippen LogP contribution is -2.21. The van der Waals surface area contributed by atoms with Crippen LogP contribution in [0.4, 0.5) is 0 Å². The molecule has 0 aromatic rings. The molecule has 0 heterocycles. The van der Waals surface area contributed by atoms with E-state index in [1.54, 1.807) is 13.8 Å². The van der Waals surface area contributed by atoms with Gasteiger partial charge in [0.25, 0.3) is 0 Å². The van der Waals surface area contributed by atoms with Crippen molar-refractivity contribution in [2.75, 3.05) is 13.2 Å². The van der Waals surface area contributed by atoms with E-state index in [1.165, 1.54) is 0 Å². The first kappa shape index (κ1) is 11.1. The highest BCUT2D eigenvalue weighted by Crippen LogP contribution is 1.89. The van der Waals surface area contributed by atoms with Crippen LogP contribution >= 0.6 is 0 Å². The van der Waals surface area contributed by atoms with Crippen molar-refractivity contribution in [1.29, 1.82) is 0 Å². The largest absolute Gasteiger partial charge is 0.390 e. The van der Waals surface area contributed by atoms with E-state index in [0.29, 0.717) is 0 Å². The number of aliphatic hydroxyl groups excluding tert-OH is 1. The summed E-state index contributed by atoms with van der Waals surface area (Å²) >= 11 is 0. The highest BCUT2D eigenvalue weighted by atomic mass is 16.6. The Morgan fingerprint density at radius 3 is 2.33 bits per heavy atom. The van der Waals surface area contributed by atoms with Crippen molar-refractivity contribution in [3.63, 3.8) is 0 Å². The average Bonchev–Trinajstić information content (AvgIpc) is 2.00. The molecule has 0 amide bonds. The van der Waals surface area contributed by atoms with Gasteiger partial charge in [0.15, 0.2) is 0 Å². The number of hydrogen-bond donors (Lipinski definition) is 1. The van der Waals surface area contributed by atoms with E-state index >= 15 is 0 Å². The van der Waals surface area contributed by atoms with E-state index in [9.17, 15) is 9.59 Å². The van der Waals surface area contributed by atoms with Crippen LogP contribution in [0.15, 0.2) is 0 Å². The molecule has 12 heavy (non-hydrogen) atoms. The number of esters is 2. The third kappa shape index (κ3) is 5.82. The number of hydrogen-bond acceptors (Lipinski definition) is 5. The molecule has 0 saturated heterocycles. The van der Waals surface area contributed by atoms with Crippen molar-refractivity contribution < 1.29 is 24.2 Å². The molecule has 1 N–H and O–H groups in total. The molecule has 0 rings (SSSR count). The topological polar surface area (TPSA) is 72.8 Å². The summed E-state index contributed by atoms with van der Waals surface area (Å²) in [7, 11) is 0. The Kier molecular flexibility index (Phi) is 5.23. The molecule has 0 saturated carbocycles. The Bertz CT molecular complexity index is 163. The minimum Gasteiger partial charge on any atom is -0.390 e. The third-order valence-electron chi connectivity index (χ3n) is 0.891. The van der Waals surface area contributed by atoms with Crippen LogP contribution in [-0.2, 0) is 19.1 Å². The van der Waals surface area contributed by atoms with E-state index in [-0.39, 0.29) is 12.7 Å². The maximum atomic E-state index is 10.6. The van der Waals surface area contributed by atoms with Crippen LogP contribution in [0.25, 0.3) is 0 Å². The molecule has 0 aliphatic heterocycles. The van der Waals surface area contributed by atoms with Gasteiger partial charge in [0.05, 0.1) is 6.10 Å². The second-order valence-corrected chi connectivity index (χ2v) is 2.36. The highest BCUT2D eigenvalue weighted by molar-refractivity contribution is 5.86. The minimum absolute atomic E-state index is 0.0956. The molecule has 0 bridgehead atoms. The van der Waals surface area contributed by atoms with Gasteiger partial charge < -0.3 is 14.6 Å². The fraction of sp³-hybridized carbons (Fsp3) is 0.714. The van der Waals surface area contributed by atoms with Gasteiger partial charge in [0.1, 0.15) is 13.2 Å². The second-order valence-electron chi connectivity index (χ2n) is 2.36. The molecule has 70 valence electrons. The number of ether oxygens (including phenoxy) is 2. The molecular formula is C7H12O5. The summed E-state index contributed by atoms with van der Waals surface area (Å²) in [6, 6.07) is 0. The van der Waals surface area contributed by atoms with Crippen LogP contribution < -0.4 is 0 Å². The Hall–Kier alpha value is -0.940. The molecule has 5 heteroatoms.